The van der Waals surface area contributed by atoms with E-state index in [2.05, 4.69) is 9.69 Å². The van der Waals surface area contributed by atoms with Crippen LogP contribution in [0.4, 0.5) is 0 Å². The van der Waals surface area contributed by atoms with Gasteiger partial charge in [-0.3, -0.25) is 0 Å². The van der Waals surface area contributed by atoms with Crippen molar-refractivity contribution >= 4 is 9.69 Å². The maximum atomic E-state index is 4.57. The Labute approximate surface area is 94.7 Å². The van der Waals surface area contributed by atoms with Crippen molar-refractivity contribution in [2.45, 2.75) is 0 Å². The maximum absolute atomic E-state index is 4.57. The quantitative estimate of drug-likeness (QED) is 0.277. The molecule has 0 bridgehead atoms. The van der Waals surface area contributed by atoms with Crippen molar-refractivity contribution in [2.24, 2.45) is 0 Å². The van der Waals surface area contributed by atoms with Gasteiger partial charge in [0.2, 0.25) is 0 Å². The zero-order chi connectivity index (χ0) is 2.00. The van der Waals surface area contributed by atoms with E-state index in [1.165, 1.54) is 0 Å². The molecular formula is H15Cl4N5Ru. The Morgan fingerprint density at radius 2 is 0.500 bits per heavy atom. The van der Waals surface area contributed by atoms with Crippen LogP contribution in [0.1, 0.15) is 0 Å². The summed E-state index contributed by atoms with van der Waals surface area (Å²) in [6.07, 6.45) is 0. The Morgan fingerprint density at radius 3 is 0.500 bits per heavy atom. The van der Waals surface area contributed by atoms with Gasteiger partial charge in [0.15, 0.2) is 0 Å². The van der Waals surface area contributed by atoms with Crippen LogP contribution in [0.2, 0.25) is 0 Å². The second kappa shape index (κ2) is 388. The number of hydrogen-bond acceptors (Lipinski definition) is 5. The van der Waals surface area contributed by atoms with Gasteiger partial charge in [0.25, 0.3) is 0 Å². The van der Waals surface area contributed by atoms with Gasteiger partial charge < -0.3 is 68.0 Å². The first kappa shape index (κ1) is 194. The molecule has 0 atom stereocenters. The van der Waals surface area contributed by atoms with Crippen LogP contribution in [0.15, 0.2) is 0 Å². The van der Waals surface area contributed by atoms with Gasteiger partial charge in [0.05, 0.1) is 0 Å². The normalized spacial score (nSPS) is 0.500. The van der Waals surface area contributed by atoms with Crippen LogP contribution in [0.5, 0.6) is 0 Å². The van der Waals surface area contributed by atoms with Crippen molar-refractivity contribution in [3.05, 3.63) is 0 Å². The molecule has 0 radical (unpaired) electrons. The molecule has 10 heteroatoms. The summed E-state index contributed by atoms with van der Waals surface area (Å²) in [6, 6.07) is 0. The SMILES string of the molecule is N.N.N.N.N.[Cl-].[Cl-].[Cl-].[Cl][Ru+3]. The van der Waals surface area contributed by atoms with E-state index in [1.54, 1.807) is 0 Å². The summed E-state index contributed by atoms with van der Waals surface area (Å²) < 4.78 is 0. The van der Waals surface area contributed by atoms with Crippen LogP contribution in [-0.2, 0) is 17.3 Å². The Kier molecular flexibility index (Phi) is 7540. The molecule has 0 aromatic heterocycles. The van der Waals surface area contributed by atoms with Crippen LogP contribution < -0.4 is 68.0 Å². The van der Waals surface area contributed by atoms with E-state index in [4.69, 9.17) is 0 Å². The van der Waals surface area contributed by atoms with Crippen molar-refractivity contribution in [3.8, 4) is 0 Å². The first-order valence-corrected chi connectivity index (χ1v) is 2.37. The summed E-state index contributed by atoms with van der Waals surface area (Å²) in [5.74, 6) is 0. The molecule has 0 rings (SSSR count). The van der Waals surface area contributed by atoms with Crippen molar-refractivity contribution in [1.82, 2.24) is 30.8 Å². The Bertz CT molecular complexity index is 13.6. The van der Waals surface area contributed by atoms with Gasteiger partial charge in [-0.2, -0.15) is 0 Å². The second-order valence-electron chi connectivity index (χ2n) is 0. The summed E-state index contributed by atoms with van der Waals surface area (Å²) in [5.41, 5.74) is 0. The van der Waals surface area contributed by atoms with Gasteiger partial charge in [-0.25, -0.2) is 0 Å². The minimum atomic E-state index is 0. The molecule has 0 heterocycles. The van der Waals surface area contributed by atoms with Crippen LogP contribution in [0.3, 0.4) is 0 Å². The van der Waals surface area contributed by atoms with Gasteiger partial charge in [-0.15, -0.1) is 0 Å². The Hall–Kier alpha value is 1.58. The molecule has 0 amide bonds. The molecule has 15 N–H and O–H groups in total. The van der Waals surface area contributed by atoms with Crippen molar-refractivity contribution < 1.29 is 54.5 Å². The zero-order valence-electron chi connectivity index (χ0n) is 5.40. The van der Waals surface area contributed by atoms with Gasteiger partial charge in [-0.1, -0.05) is 0 Å². The fourth-order valence-electron chi connectivity index (χ4n) is 0. The molecule has 0 aromatic rings. The molecule has 5 nitrogen and oxygen atoms in total. The Balaban J connectivity index is -0.000000000179. The summed E-state index contributed by atoms with van der Waals surface area (Å²) in [4.78, 5) is 0. The van der Waals surface area contributed by atoms with E-state index in [1.807, 2.05) is 17.3 Å². The van der Waals surface area contributed by atoms with E-state index in [0.29, 0.717) is 0 Å². The summed E-state index contributed by atoms with van der Waals surface area (Å²) >= 11 is 1.82. The molecule has 76 valence electrons. The third kappa shape index (κ3) is 282. The third-order valence-electron chi connectivity index (χ3n) is 0. The van der Waals surface area contributed by atoms with E-state index in [-0.39, 0.29) is 68.0 Å². The van der Waals surface area contributed by atoms with Crippen LogP contribution in [0, 0.1) is 0 Å². The van der Waals surface area contributed by atoms with E-state index < -0.39 is 0 Å². The van der Waals surface area contributed by atoms with Crippen LogP contribution >= 0.6 is 9.69 Å². The average molecular weight is 328 g/mol. The standard InChI is InChI=1S/4ClH.5H3N.Ru/h4*1H;5*1H3;/q;;;;;;;;;+4/p-4. The molecule has 0 aliphatic carbocycles. The summed E-state index contributed by atoms with van der Waals surface area (Å²) in [6.45, 7) is 0. The van der Waals surface area contributed by atoms with Crippen molar-refractivity contribution in [1.29, 1.82) is 0 Å². The number of halogens is 4. The number of hydrogen-bond donors (Lipinski definition) is 5. The fraction of sp³-hybridized carbons (Fsp3) is 0. The van der Waals surface area contributed by atoms with Crippen molar-refractivity contribution in [3.63, 3.8) is 0 Å². The molecule has 0 spiro atoms. The monoisotopic (exact) mass is 327 g/mol. The molecule has 10 heavy (non-hydrogen) atoms. The first-order chi connectivity index (χ1) is 1.00. The van der Waals surface area contributed by atoms with Gasteiger partial charge in [0.1, 0.15) is 0 Å². The predicted octanol–water partition coefficient (Wildman–Crippen LogP) is -7.49. The summed E-state index contributed by atoms with van der Waals surface area (Å²) in [5, 5.41) is 0. The first-order valence-electron chi connectivity index (χ1n) is 0.134. The van der Waals surface area contributed by atoms with E-state index in [0.717, 1.165) is 0 Å². The second-order valence-corrected chi connectivity index (χ2v) is 0. The predicted molar refractivity (Wildman–Crippen MR) is 31.0 cm³/mol. The average Bonchev–Trinajstić information content (AvgIpc) is 1.00. The van der Waals surface area contributed by atoms with Gasteiger partial charge >= 0.3 is 27.0 Å². The molecule has 0 aromatic carbocycles. The minimum absolute atomic E-state index is 0. The van der Waals surface area contributed by atoms with Gasteiger partial charge in [0, 0.05) is 0 Å². The fourth-order valence-corrected chi connectivity index (χ4v) is 0. The van der Waals surface area contributed by atoms with Gasteiger partial charge in [-0.05, 0) is 0 Å². The molecule has 0 aliphatic heterocycles. The molecule has 0 fully saturated rings. The van der Waals surface area contributed by atoms with Crippen LogP contribution in [-0.4, -0.2) is 0 Å². The Morgan fingerprint density at radius 1 is 0.500 bits per heavy atom. The molecule has 0 saturated heterocycles. The number of rotatable bonds is 0. The van der Waals surface area contributed by atoms with Crippen LogP contribution in [0.25, 0.3) is 0 Å². The molecule has 0 unspecified atom stereocenters. The van der Waals surface area contributed by atoms with E-state index >= 15 is 0 Å². The third-order valence-corrected chi connectivity index (χ3v) is 0. The van der Waals surface area contributed by atoms with E-state index in [9.17, 15) is 0 Å². The summed E-state index contributed by atoms with van der Waals surface area (Å²) in [7, 11) is 4.57. The zero-order valence-corrected chi connectivity index (χ0v) is 10.2. The molecular weight excluding hydrogens is 313 g/mol. The molecule has 0 saturated carbocycles. The molecule has 0 aliphatic rings. The van der Waals surface area contributed by atoms with Crippen molar-refractivity contribution in [2.75, 3.05) is 0 Å². The topological polar surface area (TPSA) is 175 Å².